The Morgan fingerprint density at radius 2 is 1.88 bits per heavy atom. The number of carbonyl (C=O) groups excluding carboxylic acids is 1. The summed E-state index contributed by atoms with van der Waals surface area (Å²) >= 11 is 0. The van der Waals surface area contributed by atoms with Gasteiger partial charge in [-0.25, -0.2) is 8.42 Å². The standard InChI is InChI=1S/C21H32N4O6S/c1-2-3-4-9-22-21(26)17-7-10-23(11-8-17)19-6-5-18(16-20(19)25(27)28)32(29,30)24-12-14-31-15-13-24/h5-6,16-17H,2-4,7-15H2,1H3,(H,22,26). The molecular weight excluding hydrogens is 436 g/mol. The second-order valence-electron chi connectivity index (χ2n) is 8.18. The van der Waals surface area contributed by atoms with Gasteiger partial charge in [0.1, 0.15) is 5.69 Å². The average Bonchev–Trinajstić information content (AvgIpc) is 2.82. The quantitative estimate of drug-likeness (QED) is 0.335. The van der Waals surface area contributed by atoms with E-state index >= 15 is 0 Å². The number of nitro groups is 1. The molecule has 0 radical (unpaired) electrons. The Bertz CT molecular complexity index is 909. The van der Waals surface area contributed by atoms with E-state index in [1.807, 2.05) is 4.90 Å². The third-order valence-corrected chi connectivity index (χ3v) is 7.93. The molecule has 0 unspecified atom stereocenters. The predicted octanol–water partition coefficient (Wildman–Crippen LogP) is 2.14. The Morgan fingerprint density at radius 1 is 1.19 bits per heavy atom. The van der Waals surface area contributed by atoms with E-state index in [-0.39, 0.29) is 35.5 Å². The van der Waals surface area contributed by atoms with E-state index in [4.69, 9.17) is 4.74 Å². The summed E-state index contributed by atoms with van der Waals surface area (Å²) < 4.78 is 32.3. The lowest BCUT2D eigenvalue weighted by molar-refractivity contribution is -0.384. The molecule has 178 valence electrons. The van der Waals surface area contributed by atoms with Gasteiger partial charge < -0.3 is 15.0 Å². The van der Waals surface area contributed by atoms with Gasteiger partial charge in [0.05, 0.1) is 23.0 Å². The van der Waals surface area contributed by atoms with Crippen molar-refractivity contribution in [3.63, 3.8) is 0 Å². The van der Waals surface area contributed by atoms with Crippen molar-refractivity contribution in [1.82, 2.24) is 9.62 Å². The largest absolute Gasteiger partial charge is 0.379 e. The molecule has 1 N–H and O–H groups in total. The maximum absolute atomic E-state index is 12.9. The number of amides is 1. The number of nitro benzene ring substituents is 1. The van der Waals surface area contributed by atoms with Crippen LogP contribution in [0.25, 0.3) is 0 Å². The number of sulfonamides is 1. The van der Waals surface area contributed by atoms with Crippen LogP contribution in [0.3, 0.4) is 0 Å². The Morgan fingerprint density at radius 3 is 2.50 bits per heavy atom. The predicted molar refractivity (Wildman–Crippen MR) is 120 cm³/mol. The van der Waals surface area contributed by atoms with E-state index in [1.165, 1.54) is 16.4 Å². The van der Waals surface area contributed by atoms with Gasteiger partial charge in [-0.15, -0.1) is 0 Å². The Labute approximate surface area is 189 Å². The van der Waals surface area contributed by atoms with Gasteiger partial charge in [-0.1, -0.05) is 19.8 Å². The van der Waals surface area contributed by atoms with E-state index in [0.29, 0.717) is 51.4 Å². The Balaban J connectivity index is 1.68. The molecule has 2 saturated heterocycles. The molecule has 1 aromatic carbocycles. The van der Waals surface area contributed by atoms with E-state index in [1.54, 1.807) is 0 Å². The smallest absolute Gasteiger partial charge is 0.293 e. The van der Waals surface area contributed by atoms with Crippen LogP contribution in [0, 0.1) is 16.0 Å². The zero-order valence-corrected chi connectivity index (χ0v) is 19.3. The number of benzene rings is 1. The van der Waals surface area contributed by atoms with Crippen molar-refractivity contribution in [2.24, 2.45) is 5.92 Å². The van der Waals surface area contributed by atoms with Crippen molar-refractivity contribution in [2.75, 3.05) is 50.8 Å². The fourth-order valence-electron chi connectivity index (χ4n) is 4.13. The maximum Gasteiger partial charge on any atom is 0.293 e. The molecule has 3 rings (SSSR count). The fraction of sp³-hybridized carbons (Fsp3) is 0.667. The summed E-state index contributed by atoms with van der Waals surface area (Å²) in [5, 5.41) is 14.7. The number of piperidine rings is 1. The van der Waals surface area contributed by atoms with Crippen LogP contribution in [0.5, 0.6) is 0 Å². The molecule has 1 aromatic rings. The lowest BCUT2D eigenvalue weighted by Crippen LogP contribution is -2.41. The van der Waals surface area contributed by atoms with Crippen LogP contribution >= 0.6 is 0 Å². The lowest BCUT2D eigenvalue weighted by Gasteiger charge is -2.33. The summed E-state index contributed by atoms with van der Waals surface area (Å²) in [5.74, 6) is -0.0601. The van der Waals surface area contributed by atoms with Crippen molar-refractivity contribution in [3.8, 4) is 0 Å². The normalized spacial score (nSPS) is 18.5. The van der Waals surface area contributed by atoms with E-state index in [0.717, 1.165) is 25.3 Å². The Hall–Kier alpha value is -2.24. The number of unbranched alkanes of at least 4 members (excludes halogenated alkanes) is 2. The van der Waals surface area contributed by atoms with E-state index in [9.17, 15) is 23.3 Å². The zero-order valence-electron chi connectivity index (χ0n) is 18.5. The van der Waals surface area contributed by atoms with Crippen molar-refractivity contribution >= 4 is 27.3 Å². The molecule has 0 spiro atoms. The molecule has 0 atom stereocenters. The van der Waals surface area contributed by atoms with Crippen LogP contribution < -0.4 is 10.2 Å². The number of nitrogens with one attached hydrogen (secondary N) is 1. The van der Waals surface area contributed by atoms with Gasteiger partial charge in [-0.2, -0.15) is 4.31 Å². The van der Waals surface area contributed by atoms with Crippen molar-refractivity contribution in [3.05, 3.63) is 28.3 Å². The van der Waals surface area contributed by atoms with Gasteiger partial charge in [-0.05, 0) is 31.4 Å². The summed E-state index contributed by atoms with van der Waals surface area (Å²) in [6.45, 7) is 4.87. The molecule has 2 aliphatic rings. The summed E-state index contributed by atoms with van der Waals surface area (Å²) in [6.07, 6.45) is 4.35. The molecule has 0 aromatic heterocycles. The zero-order chi connectivity index (χ0) is 23.1. The highest BCUT2D eigenvalue weighted by molar-refractivity contribution is 7.89. The number of nitrogens with zero attached hydrogens (tertiary/aromatic N) is 3. The topological polar surface area (TPSA) is 122 Å². The number of hydrogen-bond donors (Lipinski definition) is 1. The minimum absolute atomic E-state index is 0.0437. The van der Waals surface area contributed by atoms with Crippen LogP contribution in [0.15, 0.2) is 23.1 Å². The molecule has 0 saturated carbocycles. The summed E-state index contributed by atoms with van der Waals surface area (Å²) in [6, 6.07) is 4.09. The van der Waals surface area contributed by atoms with Crippen LogP contribution in [0.1, 0.15) is 39.0 Å². The first-order chi connectivity index (χ1) is 15.3. The SMILES string of the molecule is CCCCCNC(=O)C1CCN(c2ccc(S(=O)(=O)N3CCOCC3)cc2[N+](=O)[O-])CC1. The molecule has 2 fully saturated rings. The van der Waals surface area contributed by atoms with Crippen LogP contribution in [-0.4, -0.2) is 69.5 Å². The van der Waals surface area contributed by atoms with Gasteiger partial charge in [0.15, 0.2) is 0 Å². The number of hydrogen-bond acceptors (Lipinski definition) is 7. The minimum atomic E-state index is -3.82. The highest BCUT2D eigenvalue weighted by Gasteiger charge is 2.32. The number of morpholine rings is 1. The lowest BCUT2D eigenvalue weighted by atomic mass is 9.95. The number of carbonyl (C=O) groups is 1. The van der Waals surface area contributed by atoms with E-state index in [2.05, 4.69) is 12.2 Å². The Kier molecular flexibility index (Phi) is 8.44. The second-order valence-corrected chi connectivity index (χ2v) is 10.1. The molecule has 11 heteroatoms. The third kappa shape index (κ3) is 5.76. The second kappa shape index (κ2) is 11.1. The summed E-state index contributed by atoms with van der Waals surface area (Å²) in [5.41, 5.74) is 0.152. The number of rotatable bonds is 9. The molecule has 32 heavy (non-hydrogen) atoms. The highest BCUT2D eigenvalue weighted by Crippen LogP contribution is 2.34. The van der Waals surface area contributed by atoms with Gasteiger partial charge in [0.25, 0.3) is 5.69 Å². The minimum Gasteiger partial charge on any atom is -0.379 e. The molecule has 10 nitrogen and oxygen atoms in total. The van der Waals surface area contributed by atoms with Gasteiger partial charge in [-0.3, -0.25) is 14.9 Å². The fourth-order valence-corrected chi connectivity index (χ4v) is 5.56. The molecule has 0 aliphatic carbocycles. The first-order valence-electron chi connectivity index (χ1n) is 11.2. The molecular formula is C21H32N4O6S. The maximum atomic E-state index is 12.9. The molecule has 0 bridgehead atoms. The number of ether oxygens (including phenoxy) is 1. The summed E-state index contributed by atoms with van der Waals surface area (Å²) in [4.78, 5) is 25.4. The van der Waals surface area contributed by atoms with Crippen molar-refractivity contribution < 1.29 is 22.9 Å². The first kappa shape index (κ1) is 24.4. The van der Waals surface area contributed by atoms with Crippen LogP contribution in [-0.2, 0) is 19.6 Å². The first-order valence-corrected chi connectivity index (χ1v) is 12.7. The van der Waals surface area contributed by atoms with Gasteiger partial charge in [0.2, 0.25) is 15.9 Å². The number of anilines is 1. The van der Waals surface area contributed by atoms with Gasteiger partial charge >= 0.3 is 0 Å². The van der Waals surface area contributed by atoms with Crippen molar-refractivity contribution in [2.45, 2.75) is 43.9 Å². The highest BCUT2D eigenvalue weighted by atomic mass is 32.2. The molecule has 2 aliphatic heterocycles. The van der Waals surface area contributed by atoms with E-state index < -0.39 is 14.9 Å². The average molecular weight is 469 g/mol. The van der Waals surface area contributed by atoms with Crippen molar-refractivity contribution in [1.29, 1.82) is 0 Å². The third-order valence-electron chi connectivity index (χ3n) is 6.04. The van der Waals surface area contributed by atoms with Crippen LogP contribution in [0.2, 0.25) is 0 Å². The van der Waals surface area contributed by atoms with Gasteiger partial charge in [0, 0.05) is 44.7 Å². The monoisotopic (exact) mass is 468 g/mol. The summed E-state index contributed by atoms with van der Waals surface area (Å²) in [7, 11) is -3.82. The molecule has 1 amide bonds. The van der Waals surface area contributed by atoms with Crippen LogP contribution in [0.4, 0.5) is 11.4 Å². The molecule has 2 heterocycles.